The molecule has 0 bridgehead atoms. The summed E-state index contributed by atoms with van der Waals surface area (Å²) in [5.41, 5.74) is 1.34. The van der Waals surface area contributed by atoms with Crippen molar-refractivity contribution in [1.29, 1.82) is 0 Å². The van der Waals surface area contributed by atoms with Gasteiger partial charge in [-0.05, 0) is 49.4 Å². The van der Waals surface area contributed by atoms with Crippen molar-refractivity contribution < 1.29 is 19.3 Å². The molecule has 1 saturated carbocycles. The summed E-state index contributed by atoms with van der Waals surface area (Å²) < 4.78 is 0. The van der Waals surface area contributed by atoms with Crippen molar-refractivity contribution in [3.8, 4) is 0 Å². The first kappa shape index (κ1) is 22.9. The lowest BCUT2D eigenvalue weighted by molar-refractivity contribution is -0.881. The molecule has 160 valence electrons. The topological polar surface area (TPSA) is 91.7 Å². The van der Waals surface area contributed by atoms with Crippen LogP contribution in [0.1, 0.15) is 47.0 Å². The molecule has 29 heavy (non-hydrogen) atoms. The Morgan fingerprint density at radius 2 is 1.55 bits per heavy atom. The Morgan fingerprint density at radius 3 is 2.14 bits per heavy atom. The Kier molecular flexibility index (Phi) is 8.64. The summed E-state index contributed by atoms with van der Waals surface area (Å²) in [7, 11) is 0. The predicted octanol–water partition coefficient (Wildman–Crippen LogP) is 1.43. The van der Waals surface area contributed by atoms with Crippen molar-refractivity contribution >= 4 is 29.1 Å². The molecule has 0 radical (unpaired) electrons. The number of likely N-dealkylation sites (N-methyl/N-ethyl adjacent to an activating group) is 1. The van der Waals surface area contributed by atoms with Gasteiger partial charge >= 0.3 is 0 Å². The molecule has 1 fully saturated rings. The Hall–Kier alpha value is -2.41. The number of hydrogen-bond donors (Lipinski definition) is 4. The van der Waals surface area contributed by atoms with Crippen molar-refractivity contribution in [3.63, 3.8) is 0 Å². The van der Waals surface area contributed by atoms with E-state index in [1.54, 1.807) is 24.3 Å². The third-order valence-electron chi connectivity index (χ3n) is 5.86. The van der Waals surface area contributed by atoms with Crippen LogP contribution in [-0.2, 0) is 14.4 Å². The van der Waals surface area contributed by atoms with E-state index in [1.807, 2.05) is 6.92 Å². The van der Waals surface area contributed by atoms with Crippen LogP contribution < -0.4 is 20.9 Å². The molecule has 7 nitrogen and oxygen atoms in total. The number of nitrogens with one attached hydrogen (secondary N) is 4. The zero-order valence-corrected chi connectivity index (χ0v) is 18.0. The molecule has 0 aromatic heterocycles. The minimum absolute atomic E-state index is 0.0141. The molecule has 1 unspecified atom stereocenters. The fourth-order valence-electron chi connectivity index (χ4n) is 3.86. The van der Waals surface area contributed by atoms with Crippen molar-refractivity contribution in [2.45, 2.75) is 53.0 Å². The van der Waals surface area contributed by atoms with Crippen molar-refractivity contribution in [2.24, 2.45) is 11.8 Å². The van der Waals surface area contributed by atoms with Crippen molar-refractivity contribution in [3.05, 3.63) is 24.3 Å². The number of hydrogen-bond acceptors (Lipinski definition) is 3. The number of carbonyl (C=O) groups is 3. The molecular formula is C22H35N4O3+. The molecule has 2 rings (SSSR count). The molecule has 0 aliphatic heterocycles. The molecule has 1 aliphatic carbocycles. The monoisotopic (exact) mass is 403 g/mol. The lowest BCUT2D eigenvalue weighted by Crippen LogP contribution is -3.14. The minimum atomic E-state index is -0.140. The highest BCUT2D eigenvalue weighted by Crippen LogP contribution is 2.29. The van der Waals surface area contributed by atoms with E-state index in [1.165, 1.54) is 13.3 Å². The highest BCUT2D eigenvalue weighted by Gasteiger charge is 2.29. The summed E-state index contributed by atoms with van der Waals surface area (Å²) in [6, 6.07) is 7.20. The minimum Gasteiger partial charge on any atom is -0.348 e. The Bertz CT molecular complexity index is 705. The van der Waals surface area contributed by atoms with Gasteiger partial charge in [-0.3, -0.25) is 14.4 Å². The van der Waals surface area contributed by atoms with E-state index in [0.717, 1.165) is 17.7 Å². The molecule has 7 heteroatoms. The normalized spacial score (nSPS) is 22.4. The fourth-order valence-corrected chi connectivity index (χ4v) is 3.86. The fraction of sp³-hybridized carbons (Fsp3) is 0.591. The van der Waals surface area contributed by atoms with E-state index in [9.17, 15) is 14.4 Å². The van der Waals surface area contributed by atoms with Crippen LogP contribution >= 0.6 is 0 Å². The Balaban J connectivity index is 1.81. The highest BCUT2D eigenvalue weighted by atomic mass is 16.2. The molecule has 1 aromatic rings. The van der Waals surface area contributed by atoms with Gasteiger partial charge in [-0.15, -0.1) is 0 Å². The first-order valence-electron chi connectivity index (χ1n) is 10.6. The molecular weight excluding hydrogens is 368 g/mol. The van der Waals surface area contributed by atoms with Crippen LogP contribution in [-0.4, -0.2) is 43.4 Å². The zero-order chi connectivity index (χ0) is 21.4. The molecule has 1 aromatic carbocycles. The van der Waals surface area contributed by atoms with Gasteiger partial charge in [0.25, 0.3) is 11.8 Å². The van der Waals surface area contributed by atoms with E-state index in [-0.39, 0.29) is 30.3 Å². The third-order valence-corrected chi connectivity index (χ3v) is 5.86. The van der Waals surface area contributed by atoms with Crippen LogP contribution in [0.4, 0.5) is 11.4 Å². The van der Waals surface area contributed by atoms with Crippen LogP contribution in [0.2, 0.25) is 0 Å². The molecule has 0 spiro atoms. The van der Waals surface area contributed by atoms with Crippen LogP contribution in [0.3, 0.4) is 0 Å². The largest absolute Gasteiger partial charge is 0.348 e. The molecule has 0 heterocycles. The first-order chi connectivity index (χ1) is 13.8. The number of benzene rings is 1. The van der Waals surface area contributed by atoms with Gasteiger partial charge in [0.1, 0.15) is 0 Å². The molecule has 4 atom stereocenters. The van der Waals surface area contributed by atoms with Gasteiger partial charge in [-0.25, -0.2) is 0 Å². The second-order valence-electron chi connectivity index (χ2n) is 8.21. The van der Waals surface area contributed by atoms with E-state index in [0.29, 0.717) is 36.3 Å². The lowest BCUT2D eigenvalue weighted by Gasteiger charge is -2.34. The summed E-state index contributed by atoms with van der Waals surface area (Å²) in [4.78, 5) is 36.9. The van der Waals surface area contributed by atoms with Crippen molar-refractivity contribution in [1.82, 2.24) is 5.32 Å². The second-order valence-corrected chi connectivity index (χ2v) is 8.21. The summed E-state index contributed by atoms with van der Waals surface area (Å²) in [6.45, 7) is 9.10. The Labute approximate surface area is 173 Å². The predicted molar refractivity (Wildman–Crippen MR) is 115 cm³/mol. The number of anilines is 2. The number of rotatable bonds is 8. The summed E-state index contributed by atoms with van der Waals surface area (Å²) >= 11 is 0. The number of amides is 3. The maximum Gasteiger partial charge on any atom is 0.279 e. The SMILES string of the molecule is CC[NH+](CC(=O)Nc1ccc(NC(C)=O)cc1)CC(=O)N[C@@H]1CCC[C@H](C)[C@@H]1C. The average Bonchev–Trinajstić information content (AvgIpc) is 2.66. The number of quaternary nitrogens is 1. The highest BCUT2D eigenvalue weighted by molar-refractivity contribution is 5.92. The van der Waals surface area contributed by atoms with E-state index in [4.69, 9.17) is 0 Å². The van der Waals surface area contributed by atoms with Crippen molar-refractivity contribution in [2.75, 3.05) is 30.3 Å². The first-order valence-corrected chi connectivity index (χ1v) is 10.6. The van der Waals surface area contributed by atoms with Gasteiger partial charge in [0.05, 0.1) is 6.54 Å². The van der Waals surface area contributed by atoms with Gasteiger partial charge in [-0.1, -0.05) is 26.7 Å². The summed E-state index contributed by atoms with van der Waals surface area (Å²) in [5, 5.41) is 8.72. The molecule has 1 aliphatic rings. The van der Waals surface area contributed by atoms with Gasteiger partial charge in [-0.2, -0.15) is 0 Å². The van der Waals surface area contributed by atoms with Crippen LogP contribution in [0, 0.1) is 11.8 Å². The summed E-state index contributed by atoms with van der Waals surface area (Å²) in [5.74, 6) is 0.856. The van der Waals surface area contributed by atoms with Crippen LogP contribution in [0.5, 0.6) is 0 Å². The van der Waals surface area contributed by atoms with E-state index >= 15 is 0 Å². The van der Waals surface area contributed by atoms with Gasteiger partial charge in [0.2, 0.25) is 5.91 Å². The molecule has 3 amide bonds. The summed E-state index contributed by atoms with van der Waals surface area (Å²) in [6.07, 6.45) is 3.42. The average molecular weight is 404 g/mol. The molecule has 4 N–H and O–H groups in total. The Morgan fingerprint density at radius 1 is 0.966 bits per heavy atom. The molecule has 0 saturated heterocycles. The van der Waals surface area contributed by atoms with E-state index in [2.05, 4.69) is 29.8 Å². The zero-order valence-electron chi connectivity index (χ0n) is 18.0. The van der Waals surface area contributed by atoms with E-state index < -0.39 is 0 Å². The maximum atomic E-state index is 12.5. The standard InChI is InChI=1S/C22H34N4O3/c1-5-26(14-22(29)25-20-8-6-7-15(2)16(20)3)13-21(28)24-19-11-9-18(10-12-19)23-17(4)27/h9-12,15-16,20H,5-8,13-14H2,1-4H3,(H,23,27)(H,24,28)(H,25,29)/p+1/t15-,16-,20+/m0/s1. The maximum absolute atomic E-state index is 12.5. The smallest absolute Gasteiger partial charge is 0.279 e. The van der Waals surface area contributed by atoms with Crippen LogP contribution in [0.25, 0.3) is 0 Å². The van der Waals surface area contributed by atoms with Gasteiger partial charge in [0, 0.05) is 24.3 Å². The lowest BCUT2D eigenvalue weighted by atomic mass is 9.78. The third kappa shape index (κ3) is 7.49. The van der Waals surface area contributed by atoms with Crippen LogP contribution in [0.15, 0.2) is 24.3 Å². The van der Waals surface area contributed by atoms with Gasteiger partial charge in [0.15, 0.2) is 13.1 Å². The second kappa shape index (κ2) is 11.0. The quantitative estimate of drug-likeness (QED) is 0.529. The van der Waals surface area contributed by atoms with Gasteiger partial charge < -0.3 is 20.9 Å². The number of carbonyl (C=O) groups excluding carboxylic acids is 3.